The van der Waals surface area contributed by atoms with E-state index < -0.39 is 56.1 Å². The minimum absolute atomic E-state index is 0.113. The zero-order chi connectivity index (χ0) is 26.3. The van der Waals surface area contributed by atoms with Crippen molar-refractivity contribution in [3.8, 4) is 5.75 Å². The molecule has 1 unspecified atom stereocenters. The first-order chi connectivity index (χ1) is 16.0. The molecular weight excluding hydrogens is 509 g/mol. The summed E-state index contributed by atoms with van der Waals surface area (Å²) in [5.41, 5.74) is -0.872. The fraction of sp³-hybridized carbons (Fsp3) is 0.696. The number of likely N-dealkylation sites (tertiary alicyclic amines) is 1. The predicted molar refractivity (Wildman–Crippen MR) is 126 cm³/mol. The number of hydrogen-bond acceptors (Lipinski definition) is 5. The Bertz CT molecular complexity index is 981. The molecule has 7 nitrogen and oxygen atoms in total. The molecule has 0 saturated carbocycles. The van der Waals surface area contributed by atoms with Gasteiger partial charge in [0, 0.05) is 13.1 Å². The second-order valence-corrected chi connectivity index (χ2v) is 12.3. The molecule has 2 aliphatic heterocycles. The zero-order valence-corrected chi connectivity index (χ0v) is 21.7. The van der Waals surface area contributed by atoms with Gasteiger partial charge in [0.2, 0.25) is 0 Å². The molecule has 3 rings (SSSR count). The fourth-order valence-corrected chi connectivity index (χ4v) is 5.39. The van der Waals surface area contributed by atoms with Crippen LogP contribution in [-0.4, -0.2) is 56.5 Å². The number of benzene rings is 1. The van der Waals surface area contributed by atoms with E-state index in [1.807, 2.05) is 0 Å². The minimum Gasteiger partial charge on any atom is -0.508 e. The van der Waals surface area contributed by atoms with Crippen molar-refractivity contribution in [2.45, 2.75) is 75.7 Å². The number of amides is 1. The van der Waals surface area contributed by atoms with Gasteiger partial charge >= 0.3 is 6.18 Å². The van der Waals surface area contributed by atoms with Crippen LogP contribution in [0.25, 0.3) is 0 Å². The minimum atomic E-state index is -4.72. The van der Waals surface area contributed by atoms with Crippen LogP contribution in [0.1, 0.15) is 64.0 Å². The lowest BCUT2D eigenvalue weighted by Gasteiger charge is -2.39. The van der Waals surface area contributed by atoms with E-state index in [1.54, 1.807) is 32.6 Å². The summed E-state index contributed by atoms with van der Waals surface area (Å²) in [6.45, 7) is 7.86. The first-order valence-electron chi connectivity index (χ1n) is 11.4. The molecule has 2 aliphatic rings. The van der Waals surface area contributed by atoms with Crippen molar-refractivity contribution in [2.24, 2.45) is 11.1 Å². The zero-order valence-electron chi connectivity index (χ0n) is 20.2. The Kier molecular flexibility index (Phi) is 8.18. The van der Waals surface area contributed by atoms with Gasteiger partial charge in [0.1, 0.15) is 5.75 Å². The van der Waals surface area contributed by atoms with Crippen molar-refractivity contribution in [2.75, 3.05) is 19.7 Å². The number of carbonyl (C=O) groups is 1. The molecule has 0 aliphatic carbocycles. The highest BCUT2D eigenvalue weighted by atomic mass is 35.5. The van der Waals surface area contributed by atoms with Gasteiger partial charge in [0.05, 0.1) is 32.9 Å². The van der Waals surface area contributed by atoms with E-state index in [4.69, 9.17) is 26.2 Å². The molecule has 198 valence electrons. The number of nitrogens with zero attached hydrogens (tertiary/aromatic N) is 1. The van der Waals surface area contributed by atoms with Gasteiger partial charge in [-0.25, -0.2) is 4.21 Å². The highest BCUT2D eigenvalue weighted by molar-refractivity contribution is 7.84. The van der Waals surface area contributed by atoms with Crippen LogP contribution in [0.4, 0.5) is 13.2 Å². The maximum atomic E-state index is 13.3. The van der Waals surface area contributed by atoms with Crippen LogP contribution in [0, 0.1) is 5.92 Å². The summed E-state index contributed by atoms with van der Waals surface area (Å²) in [7, 11) is -1.72. The van der Waals surface area contributed by atoms with Crippen molar-refractivity contribution in [1.29, 1.82) is 0 Å². The molecule has 12 heteroatoms. The summed E-state index contributed by atoms with van der Waals surface area (Å²) in [5.74, 6) is -2.11. The average Bonchev–Trinajstić information content (AvgIpc) is 3.12. The van der Waals surface area contributed by atoms with Crippen LogP contribution >= 0.6 is 11.6 Å². The molecule has 2 heterocycles. The molecule has 2 saturated heterocycles. The highest BCUT2D eigenvalue weighted by Gasteiger charge is 2.42. The van der Waals surface area contributed by atoms with Crippen molar-refractivity contribution in [3.63, 3.8) is 0 Å². The van der Waals surface area contributed by atoms with Gasteiger partial charge in [-0.3, -0.25) is 9.93 Å². The molecule has 2 fully saturated rings. The third kappa shape index (κ3) is 6.49. The largest absolute Gasteiger partial charge is 0.508 e. The van der Waals surface area contributed by atoms with Crippen molar-refractivity contribution in [3.05, 3.63) is 28.3 Å². The predicted octanol–water partition coefficient (Wildman–Crippen LogP) is 4.33. The molecule has 0 spiro atoms. The Hall–Kier alpha value is -1.40. The number of hydrogen-bond donors (Lipinski definition) is 2. The van der Waals surface area contributed by atoms with Gasteiger partial charge in [0.25, 0.3) is 5.91 Å². The Morgan fingerprint density at radius 2 is 1.91 bits per heavy atom. The Labute approximate surface area is 210 Å². The van der Waals surface area contributed by atoms with Crippen molar-refractivity contribution >= 4 is 28.5 Å². The summed E-state index contributed by atoms with van der Waals surface area (Å²) >= 11 is 5.97. The number of ether oxygens (including phenoxy) is 2. The molecular formula is C23H32ClF3N2O5S. The lowest BCUT2D eigenvalue weighted by atomic mass is 9.75. The maximum absolute atomic E-state index is 13.3. The average molecular weight is 541 g/mol. The fourth-order valence-electron chi connectivity index (χ4n) is 4.77. The number of halogens is 4. The van der Waals surface area contributed by atoms with Gasteiger partial charge in [-0.1, -0.05) is 11.6 Å². The second kappa shape index (κ2) is 10.2. The first kappa shape index (κ1) is 28.2. The molecule has 1 aromatic carbocycles. The summed E-state index contributed by atoms with van der Waals surface area (Å²) in [6, 6.07) is 1.78. The van der Waals surface area contributed by atoms with Gasteiger partial charge in [-0.15, -0.1) is 0 Å². The van der Waals surface area contributed by atoms with E-state index in [0.29, 0.717) is 32.0 Å². The number of carbonyl (C=O) groups excluding carboxylic acids is 1. The lowest BCUT2D eigenvalue weighted by Crippen LogP contribution is -2.46. The van der Waals surface area contributed by atoms with Gasteiger partial charge in [-0.2, -0.15) is 13.2 Å². The highest BCUT2D eigenvalue weighted by Crippen LogP contribution is 2.46. The Balaban J connectivity index is 1.84. The Morgan fingerprint density at radius 3 is 2.40 bits per heavy atom. The summed E-state index contributed by atoms with van der Waals surface area (Å²) in [6.07, 6.45) is -4.10. The quantitative estimate of drug-likeness (QED) is 0.559. The molecule has 0 radical (unpaired) electrons. The standard InChI is InChI=1S/C23H32ClF3N2O5S/c1-21(2,35(28)32)11-15(14-9-17(24)16(10-18(14)30)23(25,26)27)13-5-7-29(8-6-13)20(31)19-12-33-22(3,4)34-19/h9-10,13,15,19,30H,5-8,11-12,28H2,1-4H3/t15-,19-,35?/m1/s1. The smallest absolute Gasteiger partial charge is 0.417 e. The third-order valence-electron chi connectivity index (χ3n) is 6.78. The molecule has 0 bridgehead atoms. The molecule has 3 atom stereocenters. The third-order valence-corrected chi connectivity index (χ3v) is 8.35. The van der Waals surface area contributed by atoms with E-state index >= 15 is 0 Å². The number of rotatable bonds is 6. The van der Waals surface area contributed by atoms with E-state index in [2.05, 4.69) is 0 Å². The van der Waals surface area contributed by atoms with E-state index in [0.717, 1.165) is 6.07 Å². The van der Waals surface area contributed by atoms with Crippen LogP contribution in [0.15, 0.2) is 12.1 Å². The monoisotopic (exact) mass is 540 g/mol. The number of nitrogens with two attached hydrogens (primary N) is 1. The molecule has 35 heavy (non-hydrogen) atoms. The molecule has 1 amide bonds. The normalized spacial score (nSPS) is 23.3. The lowest BCUT2D eigenvalue weighted by molar-refractivity contribution is -0.161. The summed E-state index contributed by atoms with van der Waals surface area (Å²) in [4.78, 5) is 14.6. The number of aromatic hydroxyl groups is 1. The second-order valence-electron chi connectivity index (χ2n) is 10.2. The van der Waals surface area contributed by atoms with Crippen molar-refractivity contribution in [1.82, 2.24) is 4.90 Å². The van der Waals surface area contributed by atoms with Gasteiger partial charge < -0.3 is 19.5 Å². The number of phenols is 1. The number of phenolic OH excluding ortho intramolecular Hbond substituents is 1. The van der Waals surface area contributed by atoms with Gasteiger partial charge in [-0.05, 0) is 76.5 Å². The van der Waals surface area contributed by atoms with Gasteiger partial charge in [0.15, 0.2) is 11.9 Å². The molecule has 3 N–H and O–H groups in total. The van der Waals surface area contributed by atoms with E-state index in [1.165, 1.54) is 0 Å². The topological polar surface area (TPSA) is 102 Å². The van der Waals surface area contributed by atoms with Crippen LogP contribution in [0.2, 0.25) is 5.02 Å². The number of alkyl halides is 3. The SMILES string of the molecule is CC1(C)OC[C@H](C(=O)N2CCC([C@@H](CC(C)(C)S(N)=O)c3cc(Cl)c(C(F)(F)F)cc3O)CC2)O1. The molecule has 0 aromatic heterocycles. The number of piperidine rings is 1. The van der Waals surface area contributed by atoms with E-state index in [-0.39, 0.29) is 30.4 Å². The van der Waals surface area contributed by atoms with Crippen molar-refractivity contribution < 1.29 is 36.8 Å². The Morgan fingerprint density at radius 1 is 1.31 bits per heavy atom. The van der Waals surface area contributed by atoms with Crippen LogP contribution in [0.5, 0.6) is 5.75 Å². The maximum Gasteiger partial charge on any atom is 0.417 e. The van der Waals surface area contributed by atoms with Crippen LogP contribution in [-0.2, 0) is 31.4 Å². The first-order valence-corrected chi connectivity index (χ1v) is 13.0. The van der Waals surface area contributed by atoms with Crippen LogP contribution in [0.3, 0.4) is 0 Å². The summed E-state index contributed by atoms with van der Waals surface area (Å²) < 4.78 is 62.3. The van der Waals surface area contributed by atoms with E-state index in [9.17, 15) is 27.3 Å². The molecule has 1 aromatic rings. The summed E-state index contributed by atoms with van der Waals surface area (Å²) in [5, 5.41) is 15.8. The van der Waals surface area contributed by atoms with Crippen LogP contribution < -0.4 is 5.14 Å².